The Hall–Kier alpha value is -5.30. The van der Waals surface area contributed by atoms with Gasteiger partial charge >= 0.3 is 16.8 Å². The van der Waals surface area contributed by atoms with Gasteiger partial charge in [-0.05, 0) is 68.9 Å². The highest BCUT2D eigenvalue weighted by Crippen LogP contribution is 2.47. The Kier molecular flexibility index (Phi) is 8.78. The molecule has 0 N–H and O–H groups in total. The van der Waals surface area contributed by atoms with Crippen LogP contribution < -0.4 is 10.4 Å². The number of nitrogens with zero attached hydrogens (tertiary/aromatic N) is 6. The van der Waals surface area contributed by atoms with Crippen molar-refractivity contribution in [2.45, 2.75) is 33.6 Å². The van der Waals surface area contributed by atoms with E-state index in [-0.39, 0.29) is 0 Å². The summed E-state index contributed by atoms with van der Waals surface area (Å²) >= 11 is -1.70. The molecule has 1 aromatic carbocycles. The molecule has 0 spiro atoms. The Morgan fingerprint density at radius 1 is 0.667 bits per heavy atom. The maximum absolute atomic E-state index is 14.4. The fraction of sp³-hybridized carbons (Fsp3) is 0.133. The van der Waals surface area contributed by atoms with Gasteiger partial charge in [-0.2, -0.15) is 74.1 Å². The number of nitriles is 2. The molecule has 48 heavy (non-hydrogen) atoms. The first-order chi connectivity index (χ1) is 22.5. The summed E-state index contributed by atoms with van der Waals surface area (Å²) in [5, 5.41) is 18.1. The monoisotopic (exact) mass is 706 g/mol. The summed E-state index contributed by atoms with van der Waals surface area (Å²) in [6, 6.07) is 5.21. The van der Waals surface area contributed by atoms with Crippen molar-refractivity contribution >= 4 is 34.7 Å². The fourth-order valence-electron chi connectivity index (χ4n) is 5.54. The molecule has 2 aromatic heterocycles. The molecule has 18 heteroatoms. The third-order valence-electron chi connectivity index (χ3n) is 6.96. The van der Waals surface area contributed by atoms with Gasteiger partial charge in [0.25, 0.3) is 0 Å². The van der Waals surface area contributed by atoms with Crippen LogP contribution in [0, 0.1) is 59.6 Å². The van der Waals surface area contributed by atoms with Crippen LogP contribution in [0.3, 0.4) is 0 Å². The molecular weight excluding hydrogens is 698 g/mol. The lowest BCUT2D eigenvalue weighted by atomic mass is 9.96. The maximum Gasteiger partial charge on any atom is 0.523 e. The number of benzene rings is 1. The van der Waals surface area contributed by atoms with Crippen molar-refractivity contribution in [2.75, 3.05) is 0 Å². The molecule has 240 valence electrons. The average molecular weight is 707 g/mol. The Bertz CT molecular complexity index is 2080. The highest BCUT2D eigenvalue weighted by Gasteiger charge is 2.42. The van der Waals surface area contributed by atoms with Gasteiger partial charge in [0.1, 0.15) is 30.9 Å². The Labute approximate surface area is 270 Å². The standard InChI is InChI=1S/C30H8F10N6S2/c1-43-28(44-2)17-8-16-25(23(17)12-5-20(33)46-21(34)6-12)26(47-29(35,36)37)15-7-14(13(9-41)10-42)22(11-3-18(31)45-19(32)4-11)24(15)27(16)48-30(38,39)40/h3-6H,7-8H2. The normalized spacial score (nSPS) is 13.8. The molecular formula is C30H8F10N6S2. The van der Waals surface area contributed by atoms with E-state index >= 15 is 0 Å². The van der Waals surface area contributed by atoms with E-state index in [4.69, 9.17) is 13.1 Å². The van der Waals surface area contributed by atoms with Crippen LogP contribution in [0.1, 0.15) is 22.3 Å². The van der Waals surface area contributed by atoms with E-state index in [1.807, 2.05) is 0 Å². The number of hydrogen-bond acceptors (Lipinski definition) is 6. The van der Waals surface area contributed by atoms with Gasteiger partial charge in [-0.3, -0.25) is 0 Å². The van der Waals surface area contributed by atoms with E-state index in [0.717, 1.165) is 0 Å². The van der Waals surface area contributed by atoms with E-state index in [1.165, 1.54) is 12.1 Å². The molecule has 0 amide bonds. The molecule has 6 nitrogen and oxygen atoms in total. The van der Waals surface area contributed by atoms with E-state index in [1.54, 1.807) is 0 Å². The van der Waals surface area contributed by atoms with Gasteiger partial charge in [0.05, 0.1) is 5.57 Å². The lowest BCUT2D eigenvalue weighted by Crippen LogP contribution is -2.27. The molecule has 0 bridgehead atoms. The number of halogens is 10. The summed E-state index contributed by atoms with van der Waals surface area (Å²) in [5.41, 5.74) is -15.5. The number of alkyl halides is 6. The summed E-state index contributed by atoms with van der Waals surface area (Å²) in [5.74, 6) is -6.77. The molecule has 0 fully saturated rings. The van der Waals surface area contributed by atoms with Crippen LogP contribution in [0.15, 0.2) is 56.6 Å². The number of fused-ring (bicyclic) bond motifs is 2. The van der Waals surface area contributed by atoms with Crippen LogP contribution in [0.25, 0.3) is 20.8 Å². The van der Waals surface area contributed by atoms with Gasteiger partial charge in [0.2, 0.25) is 23.8 Å². The molecule has 0 saturated carbocycles. The first-order valence-corrected chi connectivity index (χ1v) is 14.3. The van der Waals surface area contributed by atoms with Crippen LogP contribution in [0.2, 0.25) is 0 Å². The lowest BCUT2D eigenvalue weighted by Gasteiger charge is -2.17. The summed E-state index contributed by atoms with van der Waals surface area (Å²) in [6.45, 7) is 14.9. The summed E-state index contributed by atoms with van der Waals surface area (Å²) < 4.78 is 143. The molecule has 3 aromatic rings. The molecule has 2 aliphatic carbocycles. The minimum Gasteiger partial charge on any atom is -0.192 e. The average Bonchev–Trinajstić information content (AvgIpc) is 3.55. The first-order valence-electron chi connectivity index (χ1n) is 12.7. The third kappa shape index (κ3) is 6.33. The van der Waals surface area contributed by atoms with Crippen molar-refractivity contribution in [1.29, 1.82) is 10.5 Å². The van der Waals surface area contributed by atoms with Gasteiger partial charge in [-0.25, -0.2) is 0 Å². The number of rotatable bonds is 4. The highest BCUT2D eigenvalue weighted by atomic mass is 32.2. The quantitative estimate of drug-likeness (QED) is 0.0942. The van der Waals surface area contributed by atoms with Gasteiger partial charge in [-0.15, -0.1) is 0 Å². The fourth-order valence-corrected chi connectivity index (χ4v) is 7.25. The number of hydrogen-bond donors (Lipinski definition) is 0. The molecule has 0 unspecified atom stereocenters. The summed E-state index contributed by atoms with van der Waals surface area (Å²) in [7, 11) is 0. The van der Waals surface area contributed by atoms with Crippen molar-refractivity contribution in [2.24, 2.45) is 0 Å². The van der Waals surface area contributed by atoms with Gasteiger partial charge in [0, 0.05) is 50.9 Å². The minimum absolute atomic E-state index is 0.454. The Morgan fingerprint density at radius 2 is 1.02 bits per heavy atom. The number of allylic oxidation sites excluding steroid dienone is 3. The predicted molar refractivity (Wildman–Crippen MR) is 149 cm³/mol. The summed E-state index contributed by atoms with van der Waals surface area (Å²) in [4.78, 5) is 10.2. The Balaban J connectivity index is 2.19. The van der Waals surface area contributed by atoms with E-state index in [0.29, 0.717) is 24.3 Å². The van der Waals surface area contributed by atoms with Gasteiger partial charge < -0.3 is 0 Å². The highest BCUT2D eigenvalue weighted by molar-refractivity contribution is 8.00. The first kappa shape index (κ1) is 34.0. The third-order valence-corrected chi connectivity index (χ3v) is 8.73. The van der Waals surface area contributed by atoms with Crippen LogP contribution >= 0.6 is 23.5 Å². The smallest absolute Gasteiger partial charge is 0.192 e. The molecule has 0 saturated heterocycles. The van der Waals surface area contributed by atoms with Crippen molar-refractivity contribution < 1.29 is 43.9 Å². The van der Waals surface area contributed by atoms with Crippen LogP contribution in [0.5, 0.6) is 0 Å². The number of thioether (sulfide) groups is 2. The molecule has 0 atom stereocenters. The van der Waals surface area contributed by atoms with E-state index in [2.05, 4.69) is 19.7 Å². The molecule has 2 aliphatic rings. The molecule has 0 aliphatic heterocycles. The molecule has 2 heterocycles. The van der Waals surface area contributed by atoms with Crippen LogP contribution in [-0.2, 0) is 12.8 Å². The topological polar surface area (TPSA) is 82.1 Å². The zero-order valence-corrected chi connectivity index (χ0v) is 24.6. The second-order valence-electron chi connectivity index (χ2n) is 9.67. The zero-order valence-electron chi connectivity index (χ0n) is 23.0. The largest absolute Gasteiger partial charge is 0.523 e. The van der Waals surface area contributed by atoms with E-state index < -0.39 is 147 Å². The van der Waals surface area contributed by atoms with Gasteiger partial charge in [0.15, 0.2) is 0 Å². The number of aromatic nitrogens is 2. The minimum atomic E-state index is -5.19. The Morgan fingerprint density at radius 3 is 1.35 bits per heavy atom. The molecule has 5 rings (SSSR count). The van der Waals surface area contributed by atoms with Crippen molar-refractivity contribution in [3.8, 4) is 12.1 Å². The summed E-state index contributed by atoms with van der Waals surface area (Å²) in [6.07, 6.45) is -1.67. The SMILES string of the molecule is [C-]#[N+]C([N+]#[C-])=C1Cc2c(SC(F)(F)F)c3c(c(SC(F)(F)F)c2=C1c1cc(F)nc(F)c1)CC(=C(C#N)C#N)C=3c1cc(F)nc(F)c1. The van der Waals surface area contributed by atoms with Gasteiger partial charge in [-0.1, -0.05) is 0 Å². The van der Waals surface area contributed by atoms with Crippen LogP contribution in [-0.4, -0.2) is 21.0 Å². The van der Waals surface area contributed by atoms with Crippen molar-refractivity contribution in [1.82, 2.24) is 9.97 Å². The zero-order chi connectivity index (χ0) is 35.3. The van der Waals surface area contributed by atoms with Crippen molar-refractivity contribution in [3.63, 3.8) is 0 Å². The predicted octanol–water partition coefficient (Wildman–Crippen LogP) is 7.16. The second-order valence-corrected chi connectivity index (χ2v) is 11.8. The second kappa shape index (κ2) is 12.4. The maximum atomic E-state index is 14.4. The molecule has 0 radical (unpaired) electrons. The van der Waals surface area contributed by atoms with E-state index in [9.17, 15) is 54.4 Å². The lowest BCUT2D eigenvalue weighted by molar-refractivity contribution is -0.0339. The van der Waals surface area contributed by atoms with Crippen LogP contribution in [0.4, 0.5) is 43.9 Å². The van der Waals surface area contributed by atoms with Crippen molar-refractivity contribution in [3.05, 3.63) is 126 Å². The number of pyridine rings is 2.